The molecule has 1 fully saturated rings. The van der Waals surface area contributed by atoms with E-state index in [0.29, 0.717) is 6.04 Å². The van der Waals surface area contributed by atoms with Crippen molar-refractivity contribution in [1.29, 1.82) is 0 Å². The van der Waals surface area contributed by atoms with E-state index < -0.39 is 0 Å². The van der Waals surface area contributed by atoms with Crippen molar-refractivity contribution >= 4 is 0 Å². The van der Waals surface area contributed by atoms with Gasteiger partial charge in [-0.3, -0.25) is 5.10 Å². The molecule has 13 heavy (non-hydrogen) atoms. The van der Waals surface area contributed by atoms with Gasteiger partial charge in [-0.25, -0.2) is 4.98 Å². The molecule has 2 heterocycles. The zero-order valence-corrected chi connectivity index (χ0v) is 7.58. The summed E-state index contributed by atoms with van der Waals surface area (Å²) in [5, 5.41) is 13.4. The maximum absolute atomic E-state index is 4.06. The maximum atomic E-state index is 4.06. The highest BCUT2D eigenvalue weighted by atomic mass is 15.2. The van der Waals surface area contributed by atoms with Crippen molar-refractivity contribution < 1.29 is 0 Å². The number of hydrogen-bond acceptors (Lipinski definition) is 4. The first-order valence-corrected chi connectivity index (χ1v) is 4.73. The van der Waals surface area contributed by atoms with E-state index in [1.807, 2.05) is 0 Å². The Balaban J connectivity index is 1.72. The van der Waals surface area contributed by atoms with E-state index in [-0.39, 0.29) is 0 Å². The smallest absolute Gasteiger partial charge is 0.138 e. The van der Waals surface area contributed by atoms with Gasteiger partial charge in [0.05, 0.1) is 6.54 Å². The molecular formula is C8H15N5. The summed E-state index contributed by atoms with van der Waals surface area (Å²) in [7, 11) is 0. The van der Waals surface area contributed by atoms with Crippen LogP contribution in [-0.2, 0) is 6.54 Å². The summed E-state index contributed by atoms with van der Waals surface area (Å²) in [4.78, 5) is 4.06. The topological polar surface area (TPSA) is 65.6 Å². The van der Waals surface area contributed by atoms with Gasteiger partial charge < -0.3 is 10.6 Å². The number of hydrogen-bond donors (Lipinski definition) is 3. The van der Waals surface area contributed by atoms with Crippen LogP contribution in [0.3, 0.4) is 0 Å². The molecule has 72 valence electrons. The molecule has 0 aromatic carbocycles. The summed E-state index contributed by atoms with van der Waals surface area (Å²) in [6.07, 6.45) is 3.95. The predicted octanol–water partition coefficient (Wildman–Crippen LogP) is -0.354. The van der Waals surface area contributed by atoms with E-state index in [2.05, 4.69) is 25.8 Å². The van der Waals surface area contributed by atoms with E-state index in [1.54, 1.807) is 6.33 Å². The molecule has 0 amide bonds. The SMILES string of the molecule is c1n[nH]c(CNC2CCNCC2)n1. The van der Waals surface area contributed by atoms with Gasteiger partial charge in [0, 0.05) is 6.04 Å². The normalized spacial score (nSPS) is 19.1. The van der Waals surface area contributed by atoms with Crippen LogP contribution in [-0.4, -0.2) is 34.3 Å². The van der Waals surface area contributed by atoms with Crippen LogP contribution < -0.4 is 10.6 Å². The van der Waals surface area contributed by atoms with Crippen molar-refractivity contribution in [3.63, 3.8) is 0 Å². The lowest BCUT2D eigenvalue weighted by Crippen LogP contribution is -2.39. The summed E-state index contributed by atoms with van der Waals surface area (Å²) < 4.78 is 0. The van der Waals surface area contributed by atoms with Crippen LogP contribution in [0.15, 0.2) is 6.33 Å². The van der Waals surface area contributed by atoms with E-state index in [0.717, 1.165) is 25.5 Å². The van der Waals surface area contributed by atoms with Crippen molar-refractivity contribution in [2.24, 2.45) is 0 Å². The molecular weight excluding hydrogens is 166 g/mol. The van der Waals surface area contributed by atoms with Gasteiger partial charge in [-0.2, -0.15) is 5.10 Å². The highest BCUT2D eigenvalue weighted by Gasteiger charge is 2.11. The number of nitrogens with zero attached hydrogens (tertiary/aromatic N) is 2. The van der Waals surface area contributed by atoms with Gasteiger partial charge in [0.25, 0.3) is 0 Å². The third kappa shape index (κ3) is 2.50. The molecule has 1 aliphatic rings. The minimum atomic E-state index is 0.631. The maximum Gasteiger partial charge on any atom is 0.138 e. The zero-order valence-electron chi connectivity index (χ0n) is 7.58. The summed E-state index contributed by atoms with van der Waals surface area (Å²) in [6, 6.07) is 0.631. The van der Waals surface area contributed by atoms with Crippen LogP contribution in [0.1, 0.15) is 18.7 Å². The summed E-state index contributed by atoms with van der Waals surface area (Å²) >= 11 is 0. The van der Waals surface area contributed by atoms with Gasteiger partial charge >= 0.3 is 0 Å². The fraction of sp³-hybridized carbons (Fsp3) is 0.750. The molecule has 0 bridgehead atoms. The van der Waals surface area contributed by atoms with Gasteiger partial charge in [0.15, 0.2) is 0 Å². The molecule has 0 unspecified atom stereocenters. The first-order valence-electron chi connectivity index (χ1n) is 4.73. The first-order chi connectivity index (χ1) is 6.45. The second kappa shape index (κ2) is 4.34. The van der Waals surface area contributed by atoms with Crippen LogP contribution >= 0.6 is 0 Å². The summed E-state index contributed by atoms with van der Waals surface area (Å²) in [5.74, 6) is 0.915. The number of H-pyrrole nitrogens is 1. The fourth-order valence-electron chi connectivity index (χ4n) is 1.58. The molecule has 1 aromatic rings. The van der Waals surface area contributed by atoms with E-state index >= 15 is 0 Å². The van der Waals surface area contributed by atoms with Crippen LogP contribution in [0.2, 0.25) is 0 Å². The fourth-order valence-corrected chi connectivity index (χ4v) is 1.58. The number of rotatable bonds is 3. The molecule has 1 aromatic heterocycles. The standard InChI is InChI=1S/C8H15N5/c1-3-9-4-2-7(1)10-5-8-11-6-12-13-8/h6-7,9-10H,1-5H2,(H,11,12,13). The van der Waals surface area contributed by atoms with E-state index in [4.69, 9.17) is 0 Å². The summed E-state index contributed by atoms with van der Waals surface area (Å²) in [5.41, 5.74) is 0. The Kier molecular flexibility index (Phi) is 2.89. The van der Waals surface area contributed by atoms with Gasteiger partial charge in [-0.05, 0) is 25.9 Å². The Morgan fingerprint density at radius 3 is 3.00 bits per heavy atom. The first kappa shape index (κ1) is 8.65. The van der Waals surface area contributed by atoms with Gasteiger partial charge in [-0.15, -0.1) is 0 Å². The lowest BCUT2D eigenvalue weighted by molar-refractivity contribution is 0.383. The minimum Gasteiger partial charge on any atom is -0.317 e. The third-order valence-electron chi connectivity index (χ3n) is 2.36. The monoisotopic (exact) mass is 181 g/mol. The van der Waals surface area contributed by atoms with E-state index in [1.165, 1.54) is 12.8 Å². The molecule has 5 heteroatoms. The van der Waals surface area contributed by atoms with Gasteiger partial charge in [-0.1, -0.05) is 0 Å². The largest absolute Gasteiger partial charge is 0.317 e. The van der Waals surface area contributed by atoms with Crippen molar-refractivity contribution in [3.05, 3.63) is 12.2 Å². The quantitative estimate of drug-likeness (QED) is 0.596. The molecule has 1 saturated heterocycles. The average molecular weight is 181 g/mol. The Morgan fingerprint density at radius 2 is 2.31 bits per heavy atom. The summed E-state index contributed by atoms with van der Waals surface area (Å²) in [6.45, 7) is 3.03. The molecule has 2 rings (SSSR count). The third-order valence-corrected chi connectivity index (χ3v) is 2.36. The molecule has 0 radical (unpaired) electrons. The minimum absolute atomic E-state index is 0.631. The molecule has 0 saturated carbocycles. The Morgan fingerprint density at radius 1 is 1.46 bits per heavy atom. The highest BCUT2D eigenvalue weighted by Crippen LogP contribution is 2.02. The second-order valence-corrected chi connectivity index (χ2v) is 3.34. The second-order valence-electron chi connectivity index (χ2n) is 3.34. The number of nitrogens with one attached hydrogen (secondary N) is 3. The van der Waals surface area contributed by atoms with Crippen molar-refractivity contribution in [2.45, 2.75) is 25.4 Å². The van der Waals surface area contributed by atoms with Crippen LogP contribution in [0.4, 0.5) is 0 Å². The Bertz CT molecular complexity index is 227. The van der Waals surface area contributed by atoms with Crippen molar-refractivity contribution in [1.82, 2.24) is 25.8 Å². The van der Waals surface area contributed by atoms with Gasteiger partial charge in [0.1, 0.15) is 12.2 Å². The number of aromatic nitrogens is 3. The van der Waals surface area contributed by atoms with Crippen LogP contribution in [0.5, 0.6) is 0 Å². The van der Waals surface area contributed by atoms with Crippen molar-refractivity contribution in [2.75, 3.05) is 13.1 Å². The Hall–Kier alpha value is -0.940. The predicted molar refractivity (Wildman–Crippen MR) is 49.1 cm³/mol. The van der Waals surface area contributed by atoms with E-state index in [9.17, 15) is 0 Å². The lowest BCUT2D eigenvalue weighted by Gasteiger charge is -2.23. The van der Waals surface area contributed by atoms with Crippen molar-refractivity contribution in [3.8, 4) is 0 Å². The Labute approximate surface area is 77.3 Å². The molecule has 1 aliphatic heterocycles. The number of aromatic amines is 1. The number of piperidine rings is 1. The lowest BCUT2D eigenvalue weighted by atomic mass is 10.1. The van der Waals surface area contributed by atoms with Crippen LogP contribution in [0.25, 0.3) is 0 Å². The average Bonchev–Trinajstić information content (AvgIpc) is 2.69. The molecule has 0 atom stereocenters. The van der Waals surface area contributed by atoms with Crippen LogP contribution in [0, 0.1) is 0 Å². The highest BCUT2D eigenvalue weighted by molar-refractivity contribution is 4.82. The zero-order chi connectivity index (χ0) is 8.93. The molecule has 3 N–H and O–H groups in total. The molecule has 5 nitrogen and oxygen atoms in total. The molecule has 0 aliphatic carbocycles. The molecule has 0 spiro atoms. The van der Waals surface area contributed by atoms with Gasteiger partial charge in [0.2, 0.25) is 0 Å².